The maximum Gasteiger partial charge on any atom is 0.251 e. The van der Waals surface area contributed by atoms with E-state index in [1.54, 1.807) is 36.4 Å². The molecule has 3 rings (SSSR count). The molecule has 29 heavy (non-hydrogen) atoms. The van der Waals surface area contributed by atoms with Gasteiger partial charge in [-0.1, -0.05) is 30.3 Å². The highest BCUT2D eigenvalue weighted by Crippen LogP contribution is 2.30. The van der Waals surface area contributed by atoms with Gasteiger partial charge in [-0.15, -0.1) is 0 Å². The first-order valence-corrected chi connectivity index (χ1v) is 10.9. The van der Waals surface area contributed by atoms with Crippen LogP contribution in [0.2, 0.25) is 0 Å². The highest BCUT2D eigenvalue weighted by Gasteiger charge is 2.29. The SMILES string of the molecule is O=C(NCCNS(=O)(=O)/C=C/c1ccccc1)c1ccc(NC(=O)C2CC2)cc1. The molecule has 0 unspecified atom stereocenters. The minimum absolute atomic E-state index is 0.01000. The Bertz CT molecular complexity index is 982. The van der Waals surface area contributed by atoms with Gasteiger partial charge in [0.2, 0.25) is 15.9 Å². The van der Waals surface area contributed by atoms with Crippen LogP contribution in [0.4, 0.5) is 5.69 Å². The molecule has 1 saturated carbocycles. The number of anilines is 1. The lowest BCUT2D eigenvalue weighted by atomic mass is 10.2. The lowest BCUT2D eigenvalue weighted by Crippen LogP contribution is -2.33. The number of carbonyl (C=O) groups is 2. The second-order valence-electron chi connectivity index (χ2n) is 6.75. The van der Waals surface area contributed by atoms with Crippen LogP contribution in [0.15, 0.2) is 60.0 Å². The van der Waals surface area contributed by atoms with Crippen LogP contribution in [0.5, 0.6) is 0 Å². The number of sulfonamides is 1. The number of benzene rings is 2. The lowest BCUT2D eigenvalue weighted by Gasteiger charge is -2.08. The number of hydrogen-bond acceptors (Lipinski definition) is 4. The summed E-state index contributed by atoms with van der Waals surface area (Å²) in [5.41, 5.74) is 1.86. The summed E-state index contributed by atoms with van der Waals surface area (Å²) in [6, 6.07) is 15.7. The Labute approximate surface area is 170 Å². The Morgan fingerprint density at radius 3 is 2.31 bits per heavy atom. The largest absolute Gasteiger partial charge is 0.351 e. The topological polar surface area (TPSA) is 104 Å². The normalized spacial score (nSPS) is 13.9. The third-order valence-corrected chi connectivity index (χ3v) is 5.42. The van der Waals surface area contributed by atoms with Gasteiger partial charge in [0, 0.05) is 35.7 Å². The first kappa shape index (κ1) is 20.8. The molecule has 0 radical (unpaired) electrons. The first-order chi connectivity index (χ1) is 13.9. The minimum atomic E-state index is -3.58. The van der Waals surface area contributed by atoms with Crippen molar-refractivity contribution in [2.75, 3.05) is 18.4 Å². The van der Waals surface area contributed by atoms with Crippen LogP contribution in [0.1, 0.15) is 28.8 Å². The Morgan fingerprint density at radius 2 is 1.66 bits per heavy atom. The maximum atomic E-state index is 12.1. The van der Waals surface area contributed by atoms with E-state index in [1.807, 2.05) is 18.2 Å². The highest BCUT2D eigenvalue weighted by atomic mass is 32.2. The zero-order valence-electron chi connectivity index (χ0n) is 15.8. The van der Waals surface area contributed by atoms with Gasteiger partial charge >= 0.3 is 0 Å². The van der Waals surface area contributed by atoms with E-state index >= 15 is 0 Å². The Hall–Kier alpha value is -2.97. The Balaban J connectivity index is 1.41. The van der Waals surface area contributed by atoms with Gasteiger partial charge < -0.3 is 10.6 Å². The minimum Gasteiger partial charge on any atom is -0.351 e. The van der Waals surface area contributed by atoms with Crippen LogP contribution in [-0.2, 0) is 14.8 Å². The van der Waals surface area contributed by atoms with Gasteiger partial charge in [0.15, 0.2) is 0 Å². The van der Waals surface area contributed by atoms with E-state index in [9.17, 15) is 18.0 Å². The lowest BCUT2D eigenvalue weighted by molar-refractivity contribution is -0.117. The fourth-order valence-electron chi connectivity index (χ4n) is 2.55. The van der Waals surface area contributed by atoms with Crippen LogP contribution in [0.3, 0.4) is 0 Å². The third-order valence-electron chi connectivity index (χ3n) is 4.32. The van der Waals surface area contributed by atoms with E-state index in [2.05, 4.69) is 15.4 Å². The van der Waals surface area contributed by atoms with Crippen molar-refractivity contribution in [2.24, 2.45) is 5.92 Å². The summed E-state index contributed by atoms with van der Waals surface area (Å²) in [7, 11) is -3.58. The van der Waals surface area contributed by atoms with Gasteiger partial charge in [0.05, 0.1) is 0 Å². The highest BCUT2D eigenvalue weighted by molar-refractivity contribution is 7.92. The molecule has 8 heteroatoms. The second-order valence-corrected chi connectivity index (χ2v) is 8.40. The van der Waals surface area contributed by atoms with Gasteiger partial charge in [-0.3, -0.25) is 9.59 Å². The van der Waals surface area contributed by atoms with Crippen LogP contribution in [0, 0.1) is 5.92 Å². The molecule has 0 aliphatic heterocycles. The van der Waals surface area contributed by atoms with E-state index < -0.39 is 10.0 Å². The van der Waals surface area contributed by atoms with Crippen molar-refractivity contribution in [3.8, 4) is 0 Å². The molecule has 0 aromatic heterocycles. The monoisotopic (exact) mass is 413 g/mol. The number of rotatable bonds is 9. The van der Waals surface area contributed by atoms with E-state index in [0.717, 1.165) is 23.8 Å². The molecule has 2 aromatic rings. The zero-order valence-corrected chi connectivity index (χ0v) is 16.6. The fourth-order valence-corrected chi connectivity index (χ4v) is 3.37. The summed E-state index contributed by atoms with van der Waals surface area (Å²) < 4.78 is 26.3. The van der Waals surface area contributed by atoms with E-state index in [1.165, 1.54) is 6.08 Å². The molecule has 1 fully saturated rings. The molecule has 7 nitrogen and oxygen atoms in total. The Morgan fingerprint density at radius 1 is 0.966 bits per heavy atom. The molecule has 0 saturated heterocycles. The van der Waals surface area contributed by atoms with E-state index in [0.29, 0.717) is 11.3 Å². The molecule has 0 heterocycles. The fraction of sp³-hybridized carbons (Fsp3) is 0.238. The van der Waals surface area contributed by atoms with Crippen LogP contribution < -0.4 is 15.4 Å². The zero-order chi connectivity index (χ0) is 20.7. The van der Waals surface area contributed by atoms with Crippen LogP contribution in [-0.4, -0.2) is 33.3 Å². The molecule has 0 bridgehead atoms. The quantitative estimate of drug-likeness (QED) is 0.549. The molecular formula is C21H23N3O4S. The first-order valence-electron chi connectivity index (χ1n) is 9.35. The third kappa shape index (κ3) is 6.85. The molecule has 1 aliphatic carbocycles. The second kappa shape index (κ2) is 9.49. The average Bonchev–Trinajstić information content (AvgIpc) is 3.56. The van der Waals surface area contributed by atoms with Gasteiger partial charge in [-0.05, 0) is 48.7 Å². The summed E-state index contributed by atoms with van der Waals surface area (Å²) in [4.78, 5) is 23.9. The summed E-state index contributed by atoms with van der Waals surface area (Å²) >= 11 is 0. The van der Waals surface area contributed by atoms with Crippen molar-refractivity contribution >= 4 is 33.6 Å². The summed E-state index contributed by atoms with van der Waals surface area (Å²) in [6.07, 6.45) is 3.36. The van der Waals surface area contributed by atoms with Crippen molar-refractivity contribution < 1.29 is 18.0 Å². The Kier molecular flexibility index (Phi) is 6.79. The van der Waals surface area contributed by atoms with Crippen molar-refractivity contribution in [2.45, 2.75) is 12.8 Å². The van der Waals surface area contributed by atoms with Gasteiger partial charge in [-0.25, -0.2) is 13.1 Å². The molecule has 1 aliphatic rings. The number of carbonyl (C=O) groups excluding carboxylic acids is 2. The molecule has 0 atom stereocenters. The van der Waals surface area contributed by atoms with E-state index in [-0.39, 0.29) is 30.8 Å². The average molecular weight is 413 g/mol. The number of amides is 2. The predicted molar refractivity (Wildman–Crippen MR) is 113 cm³/mol. The van der Waals surface area contributed by atoms with Gasteiger partial charge in [0.25, 0.3) is 5.91 Å². The number of nitrogens with one attached hydrogen (secondary N) is 3. The van der Waals surface area contributed by atoms with Gasteiger partial charge in [-0.2, -0.15) is 0 Å². The summed E-state index contributed by atoms with van der Waals surface area (Å²) in [5, 5.41) is 6.56. The maximum absolute atomic E-state index is 12.1. The summed E-state index contributed by atoms with van der Waals surface area (Å²) in [6.45, 7) is 0.222. The molecule has 3 N–H and O–H groups in total. The smallest absolute Gasteiger partial charge is 0.251 e. The van der Waals surface area contributed by atoms with Crippen molar-refractivity contribution in [3.05, 3.63) is 71.1 Å². The van der Waals surface area contributed by atoms with Crippen molar-refractivity contribution in [1.82, 2.24) is 10.0 Å². The van der Waals surface area contributed by atoms with E-state index in [4.69, 9.17) is 0 Å². The molecular weight excluding hydrogens is 390 g/mol. The van der Waals surface area contributed by atoms with Crippen molar-refractivity contribution in [1.29, 1.82) is 0 Å². The summed E-state index contributed by atoms with van der Waals surface area (Å²) in [5.74, 6) is -0.191. The van der Waals surface area contributed by atoms with Crippen LogP contribution in [0.25, 0.3) is 6.08 Å². The number of hydrogen-bond donors (Lipinski definition) is 3. The molecule has 152 valence electrons. The predicted octanol–water partition coefficient (Wildman–Crippen LogP) is 2.36. The standard InChI is InChI=1S/C21H23N3O4S/c25-20(17-8-10-19(11-9-17)24-21(26)18-6-7-18)22-13-14-23-29(27,28)15-12-16-4-2-1-3-5-16/h1-5,8-12,15,18,23H,6-7,13-14H2,(H,22,25)(H,24,26)/b15-12+. The van der Waals surface area contributed by atoms with Crippen LogP contribution >= 0.6 is 0 Å². The molecule has 0 spiro atoms. The van der Waals surface area contributed by atoms with Gasteiger partial charge in [0.1, 0.15) is 0 Å². The van der Waals surface area contributed by atoms with Crippen molar-refractivity contribution in [3.63, 3.8) is 0 Å². The molecule has 2 aromatic carbocycles. The molecule has 2 amide bonds.